The van der Waals surface area contributed by atoms with Gasteiger partial charge in [-0.1, -0.05) is 42.1 Å². The highest BCUT2D eigenvalue weighted by Gasteiger charge is 2.23. The van der Waals surface area contributed by atoms with Gasteiger partial charge in [-0.25, -0.2) is 0 Å². The zero-order valence-corrected chi connectivity index (χ0v) is 17.7. The van der Waals surface area contributed by atoms with Crippen LogP contribution >= 0.6 is 11.8 Å². The Balaban J connectivity index is 1.36. The zero-order valence-electron chi connectivity index (χ0n) is 16.9. The van der Waals surface area contributed by atoms with E-state index in [1.54, 1.807) is 24.3 Å². The summed E-state index contributed by atoms with van der Waals surface area (Å²) in [5.41, 5.74) is 3.28. The third-order valence-corrected chi connectivity index (χ3v) is 5.89. The van der Waals surface area contributed by atoms with Gasteiger partial charge in [0.1, 0.15) is 0 Å². The van der Waals surface area contributed by atoms with Crippen molar-refractivity contribution in [1.82, 2.24) is 20.1 Å². The van der Waals surface area contributed by atoms with Crippen LogP contribution in [0.1, 0.15) is 28.8 Å². The number of nitrogens with zero attached hydrogens (tertiary/aromatic N) is 3. The number of rotatable bonds is 7. The molecule has 0 radical (unpaired) electrons. The van der Waals surface area contributed by atoms with Crippen LogP contribution in [0.5, 0.6) is 0 Å². The summed E-state index contributed by atoms with van der Waals surface area (Å²) in [7, 11) is 1.89. The van der Waals surface area contributed by atoms with Crippen molar-refractivity contribution in [3.8, 4) is 11.4 Å². The summed E-state index contributed by atoms with van der Waals surface area (Å²) < 4.78 is 1.89. The van der Waals surface area contributed by atoms with Crippen LogP contribution in [0, 0.1) is 6.92 Å². The summed E-state index contributed by atoms with van der Waals surface area (Å²) in [5.74, 6) is 0.689. The predicted octanol–water partition coefficient (Wildman–Crippen LogP) is 3.41. The van der Waals surface area contributed by atoms with Crippen molar-refractivity contribution in [2.75, 3.05) is 11.1 Å². The number of hydrogen-bond acceptors (Lipinski definition) is 5. The lowest BCUT2D eigenvalue weighted by atomic mass is 10.1. The number of anilines is 1. The quantitative estimate of drug-likeness (QED) is 0.571. The number of carbonyl (C=O) groups excluding carboxylic acids is 2. The highest BCUT2D eigenvalue weighted by Crippen LogP contribution is 2.25. The fraction of sp³-hybridized carbons (Fsp3) is 0.273. The minimum atomic E-state index is -0.166. The summed E-state index contributed by atoms with van der Waals surface area (Å²) in [6.45, 7) is 2.03. The third-order valence-electron chi connectivity index (χ3n) is 4.87. The second-order valence-corrected chi connectivity index (χ2v) is 8.29. The van der Waals surface area contributed by atoms with Gasteiger partial charge < -0.3 is 15.2 Å². The van der Waals surface area contributed by atoms with Gasteiger partial charge in [-0.3, -0.25) is 9.59 Å². The Morgan fingerprint density at radius 2 is 1.93 bits per heavy atom. The van der Waals surface area contributed by atoms with Crippen molar-refractivity contribution in [2.24, 2.45) is 7.05 Å². The number of carbonyl (C=O) groups is 2. The van der Waals surface area contributed by atoms with E-state index in [9.17, 15) is 9.59 Å². The molecule has 0 unspecified atom stereocenters. The molecule has 7 nitrogen and oxygen atoms in total. The van der Waals surface area contributed by atoms with Crippen molar-refractivity contribution in [1.29, 1.82) is 0 Å². The molecular weight excluding hydrogens is 398 g/mol. The first-order valence-electron chi connectivity index (χ1n) is 9.80. The maximum atomic E-state index is 12.4. The molecule has 30 heavy (non-hydrogen) atoms. The van der Waals surface area contributed by atoms with Crippen molar-refractivity contribution in [3.63, 3.8) is 0 Å². The Bertz CT molecular complexity index is 1090. The van der Waals surface area contributed by atoms with Crippen LogP contribution in [0.25, 0.3) is 11.4 Å². The largest absolute Gasteiger partial charge is 0.349 e. The monoisotopic (exact) mass is 421 g/mol. The molecule has 0 saturated heterocycles. The minimum Gasteiger partial charge on any atom is -0.349 e. The van der Waals surface area contributed by atoms with Crippen molar-refractivity contribution in [2.45, 2.75) is 31.0 Å². The van der Waals surface area contributed by atoms with E-state index in [1.165, 1.54) is 11.8 Å². The Morgan fingerprint density at radius 1 is 1.13 bits per heavy atom. The van der Waals surface area contributed by atoms with Gasteiger partial charge in [0, 0.05) is 29.9 Å². The van der Waals surface area contributed by atoms with Crippen LogP contribution < -0.4 is 10.6 Å². The highest BCUT2D eigenvalue weighted by molar-refractivity contribution is 7.99. The van der Waals surface area contributed by atoms with Gasteiger partial charge in [-0.05, 0) is 43.5 Å². The van der Waals surface area contributed by atoms with Crippen LogP contribution in [0.3, 0.4) is 0 Å². The van der Waals surface area contributed by atoms with E-state index in [1.807, 2.05) is 42.8 Å². The minimum absolute atomic E-state index is 0.106. The first kappa shape index (κ1) is 20.2. The molecule has 154 valence electrons. The maximum Gasteiger partial charge on any atom is 0.251 e. The molecule has 1 aromatic heterocycles. The molecule has 8 heteroatoms. The van der Waals surface area contributed by atoms with Crippen LogP contribution in [0.2, 0.25) is 0 Å². The molecule has 0 spiro atoms. The summed E-state index contributed by atoms with van der Waals surface area (Å²) in [6, 6.07) is 15.3. The molecule has 0 bridgehead atoms. The molecule has 1 aliphatic carbocycles. The van der Waals surface area contributed by atoms with E-state index < -0.39 is 0 Å². The molecule has 2 amide bonds. The second kappa shape index (κ2) is 8.71. The molecule has 1 fully saturated rings. The normalized spacial score (nSPS) is 13.1. The Labute approximate surface area is 179 Å². The number of nitrogens with one attached hydrogen (secondary N) is 2. The summed E-state index contributed by atoms with van der Waals surface area (Å²) >= 11 is 1.32. The van der Waals surface area contributed by atoms with Crippen LogP contribution in [-0.4, -0.2) is 38.4 Å². The van der Waals surface area contributed by atoms with Gasteiger partial charge in [-0.15, -0.1) is 10.2 Å². The summed E-state index contributed by atoms with van der Waals surface area (Å²) in [6.07, 6.45) is 2.07. The SMILES string of the molecule is Cc1ccccc1-c1nnc(SCC(=O)Nc2cccc(C(=O)NC3CC3)c2)n1C. The van der Waals surface area contributed by atoms with E-state index in [2.05, 4.69) is 20.8 Å². The van der Waals surface area contributed by atoms with Gasteiger partial charge in [0.05, 0.1) is 5.75 Å². The Morgan fingerprint density at radius 3 is 2.70 bits per heavy atom. The number of thioether (sulfide) groups is 1. The first-order chi connectivity index (χ1) is 14.5. The zero-order chi connectivity index (χ0) is 21.1. The van der Waals surface area contributed by atoms with Gasteiger partial charge >= 0.3 is 0 Å². The predicted molar refractivity (Wildman–Crippen MR) is 117 cm³/mol. The smallest absolute Gasteiger partial charge is 0.251 e. The standard InChI is InChI=1S/C22H23N5O2S/c1-14-6-3-4-9-18(14)20-25-26-22(27(20)2)30-13-19(28)23-17-8-5-7-15(12-17)21(29)24-16-10-11-16/h3-9,12,16H,10-11,13H2,1-2H3,(H,23,28)(H,24,29). The van der Waals surface area contributed by atoms with E-state index in [0.29, 0.717) is 22.4 Å². The average molecular weight is 422 g/mol. The maximum absolute atomic E-state index is 12.4. The number of hydrogen-bond donors (Lipinski definition) is 2. The average Bonchev–Trinajstić information content (AvgIpc) is 3.48. The molecule has 3 aromatic rings. The first-order valence-corrected chi connectivity index (χ1v) is 10.8. The topological polar surface area (TPSA) is 88.9 Å². The molecule has 1 aliphatic rings. The van der Waals surface area contributed by atoms with E-state index in [-0.39, 0.29) is 17.6 Å². The van der Waals surface area contributed by atoms with E-state index >= 15 is 0 Å². The molecule has 4 rings (SSSR count). The Hall–Kier alpha value is -3.13. The van der Waals surface area contributed by atoms with Crippen molar-refractivity contribution < 1.29 is 9.59 Å². The number of aromatic nitrogens is 3. The lowest BCUT2D eigenvalue weighted by Gasteiger charge is -2.08. The molecule has 1 heterocycles. The van der Waals surface area contributed by atoms with Gasteiger partial charge in [0.15, 0.2) is 11.0 Å². The van der Waals surface area contributed by atoms with Gasteiger partial charge in [0.2, 0.25) is 5.91 Å². The molecule has 0 aliphatic heterocycles. The molecule has 2 N–H and O–H groups in total. The van der Waals surface area contributed by atoms with Gasteiger partial charge in [-0.2, -0.15) is 0 Å². The van der Waals surface area contributed by atoms with Crippen molar-refractivity contribution in [3.05, 3.63) is 59.7 Å². The Kier molecular flexibility index (Phi) is 5.85. The lowest BCUT2D eigenvalue weighted by Crippen LogP contribution is -2.25. The molecule has 1 saturated carbocycles. The summed E-state index contributed by atoms with van der Waals surface area (Å²) in [4.78, 5) is 24.6. The summed E-state index contributed by atoms with van der Waals surface area (Å²) in [5, 5.41) is 15.0. The number of amides is 2. The second-order valence-electron chi connectivity index (χ2n) is 7.35. The van der Waals surface area contributed by atoms with Crippen LogP contribution in [0.15, 0.2) is 53.7 Å². The number of aryl methyl sites for hydroxylation is 1. The lowest BCUT2D eigenvalue weighted by molar-refractivity contribution is -0.113. The fourth-order valence-corrected chi connectivity index (χ4v) is 3.77. The third kappa shape index (κ3) is 4.71. The highest BCUT2D eigenvalue weighted by atomic mass is 32.2. The molecular formula is C22H23N5O2S. The number of benzene rings is 2. The van der Waals surface area contributed by atoms with E-state index in [4.69, 9.17) is 0 Å². The van der Waals surface area contributed by atoms with Gasteiger partial charge in [0.25, 0.3) is 5.91 Å². The molecule has 0 atom stereocenters. The van der Waals surface area contributed by atoms with Crippen LogP contribution in [-0.2, 0) is 11.8 Å². The fourth-order valence-electron chi connectivity index (χ4n) is 3.06. The van der Waals surface area contributed by atoms with E-state index in [0.717, 1.165) is 29.8 Å². The van der Waals surface area contributed by atoms with Crippen molar-refractivity contribution >= 4 is 29.3 Å². The van der Waals surface area contributed by atoms with Crippen LogP contribution in [0.4, 0.5) is 5.69 Å². The molecule has 2 aromatic carbocycles.